The number of amides is 1. The molecule has 1 spiro atoms. The van der Waals surface area contributed by atoms with Gasteiger partial charge in [0.15, 0.2) is 0 Å². The van der Waals surface area contributed by atoms with Gasteiger partial charge in [0.2, 0.25) is 0 Å². The third-order valence-electron chi connectivity index (χ3n) is 7.14. The van der Waals surface area contributed by atoms with Gasteiger partial charge < -0.3 is 14.4 Å². The maximum Gasteiger partial charge on any atom is 0.411 e. The zero-order valence-electron chi connectivity index (χ0n) is 18.6. The van der Waals surface area contributed by atoms with E-state index in [0.29, 0.717) is 18.9 Å². The first-order chi connectivity index (χ1) is 15.5. The molecule has 0 aromatic heterocycles. The van der Waals surface area contributed by atoms with Gasteiger partial charge in [0.25, 0.3) is 0 Å². The van der Waals surface area contributed by atoms with Crippen molar-refractivity contribution in [3.05, 3.63) is 65.5 Å². The van der Waals surface area contributed by atoms with Gasteiger partial charge in [-0.2, -0.15) is 0 Å². The predicted molar refractivity (Wildman–Crippen MR) is 120 cm³/mol. The van der Waals surface area contributed by atoms with Gasteiger partial charge in [-0.05, 0) is 67.6 Å². The van der Waals surface area contributed by atoms with Crippen molar-refractivity contribution >= 4 is 6.09 Å². The number of nitrogens with zero attached hydrogens (tertiary/aromatic N) is 2. The standard InChI is InChI=1S/C26H31FN2O3/c1-28-14-12-26(13-15-28)24(16-19-4-8-22(27)9-5-19)29(25(30)32-26)17-20-6-10-23(11-7-20)31-18-21-2-3-21/h4-11,21,24H,2-3,12-18H2,1H3. The van der Waals surface area contributed by atoms with E-state index in [2.05, 4.69) is 11.9 Å². The van der Waals surface area contributed by atoms with Crippen LogP contribution < -0.4 is 4.74 Å². The van der Waals surface area contributed by atoms with Gasteiger partial charge in [-0.15, -0.1) is 0 Å². The predicted octanol–water partition coefficient (Wildman–Crippen LogP) is 4.64. The highest BCUT2D eigenvalue weighted by Crippen LogP contribution is 2.41. The lowest BCUT2D eigenvalue weighted by atomic mass is 9.81. The zero-order chi connectivity index (χ0) is 22.1. The van der Waals surface area contributed by atoms with Crippen LogP contribution in [0.5, 0.6) is 5.75 Å². The molecule has 5 rings (SSSR count). The molecule has 1 atom stereocenters. The van der Waals surface area contributed by atoms with Crippen molar-refractivity contribution in [3.63, 3.8) is 0 Å². The molecule has 0 bridgehead atoms. The smallest absolute Gasteiger partial charge is 0.411 e. The molecule has 2 heterocycles. The molecular weight excluding hydrogens is 407 g/mol. The molecule has 2 aliphatic heterocycles. The van der Waals surface area contributed by atoms with E-state index in [-0.39, 0.29) is 18.0 Å². The summed E-state index contributed by atoms with van der Waals surface area (Å²) in [6.07, 6.45) is 4.55. The molecule has 2 aromatic rings. The minimum absolute atomic E-state index is 0.0834. The van der Waals surface area contributed by atoms with E-state index in [1.54, 1.807) is 0 Å². The van der Waals surface area contributed by atoms with E-state index in [1.165, 1.54) is 25.0 Å². The summed E-state index contributed by atoms with van der Waals surface area (Å²) < 4.78 is 25.4. The Bertz CT molecular complexity index is 935. The maximum absolute atomic E-state index is 13.4. The fraction of sp³-hybridized carbons (Fsp3) is 0.500. The molecule has 0 radical (unpaired) electrons. The first-order valence-corrected chi connectivity index (χ1v) is 11.7. The Hall–Kier alpha value is -2.60. The third kappa shape index (κ3) is 4.60. The number of carbonyl (C=O) groups is 1. The van der Waals surface area contributed by atoms with Gasteiger partial charge in [0.1, 0.15) is 17.2 Å². The van der Waals surface area contributed by atoms with Crippen LogP contribution in [0.1, 0.15) is 36.8 Å². The summed E-state index contributed by atoms with van der Waals surface area (Å²) in [7, 11) is 2.10. The largest absolute Gasteiger partial charge is 0.493 e. The first kappa shape index (κ1) is 21.3. The second kappa shape index (κ2) is 8.74. The monoisotopic (exact) mass is 438 g/mol. The van der Waals surface area contributed by atoms with Crippen molar-refractivity contribution in [2.45, 2.75) is 50.3 Å². The Labute approximate surface area is 189 Å². The Morgan fingerprint density at radius 1 is 1.03 bits per heavy atom. The molecule has 0 N–H and O–H groups in total. The van der Waals surface area contributed by atoms with E-state index in [9.17, 15) is 9.18 Å². The second-order valence-corrected chi connectivity index (χ2v) is 9.61. The Kier molecular flexibility index (Phi) is 5.80. The molecule has 3 fully saturated rings. The van der Waals surface area contributed by atoms with Crippen LogP contribution in [0, 0.1) is 11.7 Å². The molecule has 5 nitrogen and oxygen atoms in total. The average molecular weight is 439 g/mol. The van der Waals surface area contributed by atoms with Gasteiger partial charge in [-0.25, -0.2) is 9.18 Å². The number of hydrogen-bond donors (Lipinski definition) is 0. The number of rotatable bonds is 7. The van der Waals surface area contributed by atoms with Crippen LogP contribution in [0.3, 0.4) is 0 Å². The molecule has 2 aromatic carbocycles. The Morgan fingerprint density at radius 2 is 1.69 bits per heavy atom. The molecule has 1 amide bonds. The van der Waals surface area contributed by atoms with Gasteiger partial charge in [0, 0.05) is 32.5 Å². The number of carbonyl (C=O) groups excluding carboxylic acids is 1. The molecule has 2 saturated heterocycles. The second-order valence-electron chi connectivity index (χ2n) is 9.61. The summed E-state index contributed by atoms with van der Waals surface area (Å²) in [6, 6.07) is 14.5. The summed E-state index contributed by atoms with van der Waals surface area (Å²) in [5.41, 5.74) is 1.57. The van der Waals surface area contributed by atoms with Gasteiger partial charge in [-0.3, -0.25) is 4.90 Å². The number of likely N-dealkylation sites (tertiary alicyclic amines) is 1. The highest BCUT2D eigenvalue weighted by Gasteiger charge is 2.54. The van der Waals surface area contributed by atoms with Crippen LogP contribution in [-0.4, -0.2) is 54.3 Å². The van der Waals surface area contributed by atoms with E-state index in [1.807, 2.05) is 41.3 Å². The Morgan fingerprint density at radius 3 is 2.34 bits per heavy atom. The number of benzene rings is 2. The number of hydrogen-bond acceptors (Lipinski definition) is 4. The van der Waals surface area contributed by atoms with Gasteiger partial charge in [0.05, 0.1) is 12.6 Å². The van der Waals surface area contributed by atoms with Crippen LogP contribution >= 0.6 is 0 Å². The topological polar surface area (TPSA) is 42.0 Å². The van der Waals surface area contributed by atoms with Crippen molar-refractivity contribution in [1.82, 2.24) is 9.80 Å². The Balaban J connectivity index is 1.34. The van der Waals surface area contributed by atoms with Crippen LogP contribution in [0.2, 0.25) is 0 Å². The SMILES string of the molecule is CN1CCC2(CC1)OC(=O)N(Cc1ccc(OCC3CC3)cc1)C2Cc1ccc(F)cc1. The first-order valence-electron chi connectivity index (χ1n) is 11.7. The summed E-state index contributed by atoms with van der Waals surface area (Å²) in [5.74, 6) is 1.34. The van der Waals surface area contributed by atoms with Crippen LogP contribution in [-0.2, 0) is 17.7 Å². The van der Waals surface area contributed by atoms with Gasteiger partial charge >= 0.3 is 6.09 Å². The van der Waals surface area contributed by atoms with Crippen molar-refractivity contribution in [2.24, 2.45) is 5.92 Å². The number of halogens is 1. The lowest BCUT2D eigenvalue weighted by Crippen LogP contribution is -2.52. The zero-order valence-corrected chi connectivity index (χ0v) is 18.6. The average Bonchev–Trinajstić information content (AvgIpc) is 3.59. The fourth-order valence-electron chi connectivity index (χ4n) is 4.85. The van der Waals surface area contributed by atoms with E-state index in [4.69, 9.17) is 9.47 Å². The normalized spacial score (nSPS) is 22.9. The van der Waals surface area contributed by atoms with Crippen molar-refractivity contribution in [1.29, 1.82) is 0 Å². The van der Waals surface area contributed by atoms with Crippen LogP contribution in [0.25, 0.3) is 0 Å². The highest BCUT2D eigenvalue weighted by atomic mass is 19.1. The van der Waals surface area contributed by atoms with Crippen LogP contribution in [0.4, 0.5) is 9.18 Å². The lowest BCUT2D eigenvalue weighted by molar-refractivity contribution is -0.0165. The quantitative estimate of drug-likeness (QED) is 0.632. The van der Waals surface area contributed by atoms with E-state index >= 15 is 0 Å². The summed E-state index contributed by atoms with van der Waals surface area (Å²) in [5, 5.41) is 0. The van der Waals surface area contributed by atoms with Crippen LogP contribution in [0.15, 0.2) is 48.5 Å². The molecule has 1 aliphatic carbocycles. The maximum atomic E-state index is 13.4. The fourth-order valence-corrected chi connectivity index (χ4v) is 4.85. The van der Waals surface area contributed by atoms with E-state index < -0.39 is 5.60 Å². The van der Waals surface area contributed by atoms with Crippen molar-refractivity contribution in [3.8, 4) is 5.75 Å². The van der Waals surface area contributed by atoms with Crippen molar-refractivity contribution < 1.29 is 18.7 Å². The summed E-state index contributed by atoms with van der Waals surface area (Å²) in [6.45, 7) is 3.07. The van der Waals surface area contributed by atoms with Gasteiger partial charge in [-0.1, -0.05) is 24.3 Å². The molecule has 1 unspecified atom stereocenters. The molecule has 32 heavy (non-hydrogen) atoms. The highest BCUT2D eigenvalue weighted by molar-refractivity contribution is 5.72. The summed E-state index contributed by atoms with van der Waals surface area (Å²) >= 11 is 0. The molecule has 1 saturated carbocycles. The van der Waals surface area contributed by atoms with E-state index in [0.717, 1.165) is 49.4 Å². The molecule has 3 aliphatic rings. The minimum atomic E-state index is -0.495. The number of ether oxygens (including phenoxy) is 2. The molecular formula is C26H31FN2O3. The number of piperidine rings is 1. The minimum Gasteiger partial charge on any atom is -0.493 e. The molecule has 170 valence electrons. The molecule has 6 heteroatoms. The third-order valence-corrected chi connectivity index (χ3v) is 7.14. The summed E-state index contributed by atoms with van der Waals surface area (Å²) in [4.78, 5) is 17.2. The van der Waals surface area contributed by atoms with Crippen molar-refractivity contribution in [2.75, 3.05) is 26.7 Å². The lowest BCUT2D eigenvalue weighted by Gasteiger charge is -2.40.